The standard InChI is InChI=1S/C11H16N2O2.ClH/c1-8(12)10(13)11(14)15-7-9-5-3-2-4-6-9;/h2-6,8,10H,7,12-13H2,1H3;1H. The van der Waals surface area contributed by atoms with Crippen molar-refractivity contribution in [3.63, 3.8) is 0 Å². The van der Waals surface area contributed by atoms with Crippen LogP contribution in [0.5, 0.6) is 0 Å². The summed E-state index contributed by atoms with van der Waals surface area (Å²) in [7, 11) is 0. The van der Waals surface area contributed by atoms with Crippen molar-refractivity contribution in [3.05, 3.63) is 35.9 Å². The highest BCUT2D eigenvalue weighted by Gasteiger charge is 2.18. The summed E-state index contributed by atoms with van der Waals surface area (Å²) in [6.07, 6.45) is 0. The van der Waals surface area contributed by atoms with E-state index in [4.69, 9.17) is 16.2 Å². The summed E-state index contributed by atoms with van der Waals surface area (Å²) < 4.78 is 5.01. The first-order chi connectivity index (χ1) is 7.11. The van der Waals surface area contributed by atoms with Crippen molar-refractivity contribution in [3.8, 4) is 0 Å². The quantitative estimate of drug-likeness (QED) is 0.769. The number of hydrogen-bond donors (Lipinski definition) is 2. The second-order valence-corrected chi connectivity index (χ2v) is 3.48. The zero-order valence-corrected chi connectivity index (χ0v) is 9.94. The number of carbonyl (C=O) groups is 1. The van der Waals surface area contributed by atoms with Crippen molar-refractivity contribution in [1.82, 2.24) is 0 Å². The predicted octanol–water partition coefficient (Wildman–Crippen LogP) is 0.826. The fraction of sp³-hybridized carbons (Fsp3) is 0.364. The molecule has 0 aliphatic heterocycles. The number of esters is 1. The number of benzene rings is 1. The number of rotatable bonds is 4. The largest absolute Gasteiger partial charge is 0.460 e. The Labute approximate surface area is 101 Å². The topological polar surface area (TPSA) is 78.3 Å². The summed E-state index contributed by atoms with van der Waals surface area (Å²) in [5.74, 6) is -0.464. The van der Waals surface area contributed by atoms with E-state index >= 15 is 0 Å². The monoisotopic (exact) mass is 244 g/mol. The molecule has 1 aromatic carbocycles. The minimum absolute atomic E-state index is 0. The molecule has 0 aliphatic rings. The lowest BCUT2D eigenvalue weighted by atomic mass is 10.2. The van der Waals surface area contributed by atoms with Crippen LogP contribution < -0.4 is 11.5 Å². The number of ether oxygens (including phenoxy) is 1. The first-order valence-corrected chi connectivity index (χ1v) is 4.83. The maximum atomic E-state index is 11.3. The van der Waals surface area contributed by atoms with Crippen molar-refractivity contribution < 1.29 is 9.53 Å². The van der Waals surface area contributed by atoms with E-state index in [1.54, 1.807) is 6.92 Å². The third kappa shape index (κ3) is 4.61. The Bertz CT molecular complexity index is 317. The second-order valence-electron chi connectivity index (χ2n) is 3.48. The van der Waals surface area contributed by atoms with Crippen LogP contribution in [0.25, 0.3) is 0 Å². The van der Waals surface area contributed by atoms with Crippen LogP contribution in [0.2, 0.25) is 0 Å². The van der Waals surface area contributed by atoms with Crippen molar-refractivity contribution in [2.75, 3.05) is 0 Å². The summed E-state index contributed by atoms with van der Waals surface area (Å²) in [6.45, 7) is 1.91. The zero-order chi connectivity index (χ0) is 11.3. The molecule has 1 rings (SSSR count). The smallest absolute Gasteiger partial charge is 0.324 e. The highest BCUT2D eigenvalue weighted by molar-refractivity contribution is 5.85. The van der Waals surface area contributed by atoms with E-state index < -0.39 is 18.1 Å². The van der Waals surface area contributed by atoms with Crippen molar-refractivity contribution >= 4 is 18.4 Å². The summed E-state index contributed by atoms with van der Waals surface area (Å²) >= 11 is 0. The van der Waals surface area contributed by atoms with Gasteiger partial charge in [0.2, 0.25) is 0 Å². The Balaban J connectivity index is 0.00000225. The van der Waals surface area contributed by atoms with Crippen molar-refractivity contribution in [1.29, 1.82) is 0 Å². The van der Waals surface area contributed by atoms with E-state index in [-0.39, 0.29) is 19.0 Å². The molecule has 90 valence electrons. The molecule has 16 heavy (non-hydrogen) atoms. The molecule has 0 fully saturated rings. The van der Waals surface area contributed by atoms with Gasteiger partial charge in [-0.25, -0.2) is 0 Å². The normalized spacial score (nSPS) is 13.4. The first-order valence-electron chi connectivity index (χ1n) is 4.83. The third-order valence-corrected chi connectivity index (χ3v) is 2.06. The molecule has 0 aromatic heterocycles. The van der Waals surface area contributed by atoms with Gasteiger partial charge in [-0.3, -0.25) is 4.79 Å². The molecule has 0 bridgehead atoms. The van der Waals surface area contributed by atoms with E-state index in [2.05, 4.69) is 0 Å². The van der Waals surface area contributed by atoms with E-state index in [0.717, 1.165) is 5.56 Å². The van der Waals surface area contributed by atoms with Crippen LogP contribution in [-0.2, 0) is 16.1 Å². The zero-order valence-electron chi connectivity index (χ0n) is 9.13. The highest BCUT2D eigenvalue weighted by Crippen LogP contribution is 2.01. The molecule has 0 aliphatic carbocycles. The SMILES string of the molecule is CC(N)C(N)C(=O)OCc1ccccc1.Cl. The fourth-order valence-electron chi connectivity index (χ4n) is 1.04. The van der Waals surface area contributed by atoms with Crippen molar-refractivity contribution in [2.45, 2.75) is 25.6 Å². The van der Waals surface area contributed by atoms with Crippen LogP contribution in [0.3, 0.4) is 0 Å². The van der Waals surface area contributed by atoms with Gasteiger partial charge in [-0.15, -0.1) is 12.4 Å². The van der Waals surface area contributed by atoms with Gasteiger partial charge in [0.15, 0.2) is 0 Å². The molecular formula is C11H17ClN2O2. The molecule has 0 heterocycles. The van der Waals surface area contributed by atoms with Gasteiger partial charge in [-0.05, 0) is 12.5 Å². The summed E-state index contributed by atoms with van der Waals surface area (Å²) in [5.41, 5.74) is 11.9. The molecule has 2 unspecified atom stereocenters. The number of halogens is 1. The number of hydrogen-bond acceptors (Lipinski definition) is 4. The van der Waals surface area contributed by atoms with Gasteiger partial charge >= 0.3 is 5.97 Å². The first kappa shape index (κ1) is 14.9. The molecular weight excluding hydrogens is 228 g/mol. The van der Waals surface area contributed by atoms with Crippen LogP contribution in [0.1, 0.15) is 12.5 Å². The lowest BCUT2D eigenvalue weighted by Crippen LogP contribution is -2.46. The van der Waals surface area contributed by atoms with E-state index in [0.29, 0.717) is 0 Å². The lowest BCUT2D eigenvalue weighted by Gasteiger charge is -2.14. The molecule has 0 radical (unpaired) electrons. The Morgan fingerprint density at radius 2 is 1.88 bits per heavy atom. The van der Waals surface area contributed by atoms with Gasteiger partial charge in [0.25, 0.3) is 0 Å². The molecule has 0 saturated heterocycles. The number of carbonyl (C=O) groups excluding carboxylic acids is 1. The molecule has 0 spiro atoms. The Morgan fingerprint density at radius 3 is 2.38 bits per heavy atom. The maximum absolute atomic E-state index is 11.3. The van der Waals surface area contributed by atoms with Crippen LogP contribution in [-0.4, -0.2) is 18.1 Å². The molecule has 0 amide bonds. The van der Waals surface area contributed by atoms with Crippen LogP contribution in [0, 0.1) is 0 Å². The molecule has 0 saturated carbocycles. The lowest BCUT2D eigenvalue weighted by molar-refractivity contribution is -0.146. The minimum atomic E-state index is -0.756. The molecule has 2 atom stereocenters. The maximum Gasteiger partial charge on any atom is 0.324 e. The average molecular weight is 245 g/mol. The van der Waals surface area contributed by atoms with Gasteiger partial charge in [0.1, 0.15) is 12.6 Å². The molecule has 4 nitrogen and oxygen atoms in total. The van der Waals surface area contributed by atoms with Crippen LogP contribution in [0.15, 0.2) is 30.3 Å². The summed E-state index contributed by atoms with van der Waals surface area (Å²) in [6, 6.07) is 8.28. The summed E-state index contributed by atoms with van der Waals surface area (Å²) in [4.78, 5) is 11.3. The Kier molecular flexibility index (Phi) is 6.72. The van der Waals surface area contributed by atoms with Gasteiger partial charge in [0, 0.05) is 6.04 Å². The van der Waals surface area contributed by atoms with Gasteiger partial charge in [0.05, 0.1) is 0 Å². The number of nitrogens with two attached hydrogens (primary N) is 2. The van der Waals surface area contributed by atoms with Crippen LogP contribution in [0.4, 0.5) is 0 Å². The highest BCUT2D eigenvalue weighted by atomic mass is 35.5. The van der Waals surface area contributed by atoms with Crippen molar-refractivity contribution in [2.24, 2.45) is 11.5 Å². The van der Waals surface area contributed by atoms with Gasteiger partial charge in [-0.1, -0.05) is 30.3 Å². The van der Waals surface area contributed by atoms with Gasteiger partial charge in [-0.2, -0.15) is 0 Å². The average Bonchev–Trinajstić information content (AvgIpc) is 2.26. The fourth-order valence-corrected chi connectivity index (χ4v) is 1.04. The minimum Gasteiger partial charge on any atom is -0.460 e. The third-order valence-electron chi connectivity index (χ3n) is 2.06. The van der Waals surface area contributed by atoms with E-state index in [1.807, 2.05) is 30.3 Å². The van der Waals surface area contributed by atoms with Gasteiger partial charge < -0.3 is 16.2 Å². The predicted molar refractivity (Wildman–Crippen MR) is 65.1 cm³/mol. The Morgan fingerprint density at radius 1 is 1.31 bits per heavy atom. The summed E-state index contributed by atoms with van der Waals surface area (Å²) in [5, 5.41) is 0. The van der Waals surface area contributed by atoms with Crippen LogP contribution >= 0.6 is 12.4 Å². The molecule has 5 heteroatoms. The molecule has 4 N–H and O–H groups in total. The second kappa shape index (κ2) is 7.22. The molecule has 1 aromatic rings. The van der Waals surface area contributed by atoms with E-state index in [9.17, 15) is 4.79 Å². The Hall–Kier alpha value is -1.10. The van der Waals surface area contributed by atoms with E-state index in [1.165, 1.54) is 0 Å².